The summed E-state index contributed by atoms with van der Waals surface area (Å²) in [6, 6.07) is 7.90. The molecule has 7 nitrogen and oxygen atoms in total. The minimum Gasteiger partial charge on any atom is -0.455 e. The monoisotopic (exact) mass is 469 g/mol. The summed E-state index contributed by atoms with van der Waals surface area (Å²) in [5, 5.41) is 14.8. The number of nitrogens with one attached hydrogen (secondary N) is 1. The second-order valence-corrected chi connectivity index (χ2v) is 10.2. The van der Waals surface area contributed by atoms with Crippen molar-refractivity contribution in [2.24, 2.45) is 5.10 Å². The topological polar surface area (TPSA) is 97.7 Å². The predicted octanol–water partition coefficient (Wildman–Crippen LogP) is 4.65. The zero-order valence-corrected chi connectivity index (χ0v) is 17.5. The van der Waals surface area contributed by atoms with Crippen molar-refractivity contribution in [2.75, 3.05) is 11.5 Å². The molecular weight excluding hydrogens is 454 g/mol. The molecule has 0 spiro atoms. The first kappa shape index (κ1) is 20.0. The van der Waals surface area contributed by atoms with E-state index < -0.39 is 4.92 Å². The highest BCUT2D eigenvalue weighted by atomic mass is 79.9. The molecule has 0 radical (unpaired) electrons. The SMILES string of the molecule is CC1(CC(=O)N/N=C\c2ccc(-c3ccc([N+](=O)[O-])cc3Br)o2)SCCS1. The molecule has 1 aliphatic heterocycles. The number of hydrazone groups is 1. The van der Waals surface area contributed by atoms with Gasteiger partial charge in [-0.3, -0.25) is 14.9 Å². The highest BCUT2D eigenvalue weighted by molar-refractivity contribution is 9.10. The minimum absolute atomic E-state index is 0.00559. The second-order valence-electron chi connectivity index (χ2n) is 5.92. The largest absolute Gasteiger partial charge is 0.455 e. The van der Waals surface area contributed by atoms with Crippen molar-refractivity contribution in [1.29, 1.82) is 0 Å². The molecule has 142 valence electrons. The lowest BCUT2D eigenvalue weighted by molar-refractivity contribution is -0.384. The number of carbonyl (C=O) groups is 1. The van der Waals surface area contributed by atoms with Gasteiger partial charge in [0.1, 0.15) is 11.5 Å². The maximum Gasteiger partial charge on any atom is 0.270 e. The van der Waals surface area contributed by atoms with Crippen molar-refractivity contribution >= 4 is 57.3 Å². The number of halogens is 1. The van der Waals surface area contributed by atoms with Crippen LogP contribution in [0.1, 0.15) is 19.1 Å². The lowest BCUT2D eigenvalue weighted by Gasteiger charge is -2.19. The summed E-state index contributed by atoms with van der Waals surface area (Å²) in [5.41, 5.74) is 3.21. The zero-order valence-electron chi connectivity index (χ0n) is 14.3. The Bertz CT molecular complexity index is 894. The van der Waals surface area contributed by atoms with Gasteiger partial charge in [0, 0.05) is 33.7 Å². The molecule has 0 atom stereocenters. The third-order valence-corrected chi connectivity index (χ3v) is 7.76. The summed E-state index contributed by atoms with van der Waals surface area (Å²) in [7, 11) is 0. The number of benzene rings is 1. The molecule has 3 rings (SSSR count). The molecule has 0 aliphatic carbocycles. The number of furan rings is 1. The van der Waals surface area contributed by atoms with E-state index >= 15 is 0 Å². The molecular formula is C17H16BrN3O4S2. The van der Waals surface area contributed by atoms with Crippen molar-refractivity contribution in [3.8, 4) is 11.3 Å². The number of hydrogen-bond acceptors (Lipinski definition) is 7. The van der Waals surface area contributed by atoms with Gasteiger partial charge in [-0.05, 0) is 41.1 Å². The molecule has 1 aromatic heterocycles. The smallest absolute Gasteiger partial charge is 0.270 e. The summed E-state index contributed by atoms with van der Waals surface area (Å²) in [4.78, 5) is 22.4. The molecule has 2 aromatic rings. The Balaban J connectivity index is 1.61. The number of non-ortho nitro benzene ring substituents is 1. The molecule has 0 unspecified atom stereocenters. The number of thioether (sulfide) groups is 2. The van der Waals surface area contributed by atoms with Crippen LogP contribution < -0.4 is 5.43 Å². The molecule has 1 N–H and O–H groups in total. The van der Waals surface area contributed by atoms with Crippen molar-refractivity contribution in [1.82, 2.24) is 5.43 Å². The highest BCUT2D eigenvalue weighted by Gasteiger charge is 2.32. The van der Waals surface area contributed by atoms with E-state index in [0.29, 0.717) is 28.0 Å². The summed E-state index contributed by atoms with van der Waals surface area (Å²) in [6.07, 6.45) is 1.83. The van der Waals surface area contributed by atoms with Crippen LogP contribution in [0, 0.1) is 10.1 Å². The van der Waals surface area contributed by atoms with E-state index in [1.807, 2.05) is 0 Å². The van der Waals surface area contributed by atoms with Gasteiger partial charge in [0.25, 0.3) is 5.69 Å². The van der Waals surface area contributed by atoms with Crippen molar-refractivity contribution in [2.45, 2.75) is 17.4 Å². The quantitative estimate of drug-likeness (QED) is 0.375. The van der Waals surface area contributed by atoms with Crippen molar-refractivity contribution in [3.05, 3.63) is 50.7 Å². The van der Waals surface area contributed by atoms with Crippen LogP contribution in [0.15, 0.2) is 44.3 Å². The average molecular weight is 470 g/mol. The van der Waals surface area contributed by atoms with Crippen LogP contribution in [0.4, 0.5) is 5.69 Å². The number of carbonyl (C=O) groups excluding carboxylic acids is 1. The second kappa shape index (κ2) is 8.49. The molecule has 1 aliphatic rings. The van der Waals surface area contributed by atoms with Crippen LogP contribution in [-0.4, -0.2) is 32.6 Å². The van der Waals surface area contributed by atoms with Gasteiger partial charge in [-0.1, -0.05) is 0 Å². The zero-order chi connectivity index (χ0) is 19.4. The summed E-state index contributed by atoms with van der Waals surface area (Å²) in [6.45, 7) is 2.07. The van der Waals surface area contributed by atoms with Crippen LogP contribution in [0.25, 0.3) is 11.3 Å². The summed E-state index contributed by atoms with van der Waals surface area (Å²) < 4.78 is 6.15. The van der Waals surface area contributed by atoms with Gasteiger partial charge in [0.2, 0.25) is 5.91 Å². The van der Waals surface area contributed by atoms with E-state index in [4.69, 9.17) is 4.42 Å². The van der Waals surface area contributed by atoms with E-state index in [0.717, 1.165) is 11.5 Å². The van der Waals surface area contributed by atoms with Crippen LogP contribution in [-0.2, 0) is 4.79 Å². The lowest BCUT2D eigenvalue weighted by Crippen LogP contribution is -2.26. The first-order valence-corrected chi connectivity index (χ1v) is 10.8. The van der Waals surface area contributed by atoms with Gasteiger partial charge in [0.15, 0.2) is 0 Å². The number of nitro benzene ring substituents is 1. The van der Waals surface area contributed by atoms with Crippen molar-refractivity contribution in [3.63, 3.8) is 0 Å². The fraction of sp³-hybridized carbons (Fsp3) is 0.294. The van der Waals surface area contributed by atoms with Gasteiger partial charge in [0.05, 0.1) is 21.6 Å². The maximum atomic E-state index is 12.0. The van der Waals surface area contributed by atoms with Gasteiger partial charge < -0.3 is 4.42 Å². The molecule has 0 bridgehead atoms. The molecule has 1 amide bonds. The van der Waals surface area contributed by atoms with Crippen LogP contribution in [0.2, 0.25) is 0 Å². The number of nitro groups is 1. The van der Waals surface area contributed by atoms with Gasteiger partial charge >= 0.3 is 0 Å². The van der Waals surface area contributed by atoms with E-state index in [9.17, 15) is 14.9 Å². The molecule has 1 aromatic carbocycles. The van der Waals surface area contributed by atoms with Gasteiger partial charge in [-0.15, -0.1) is 23.5 Å². The lowest BCUT2D eigenvalue weighted by atomic mass is 10.1. The van der Waals surface area contributed by atoms with Gasteiger partial charge in [-0.25, -0.2) is 5.43 Å². The Hall–Kier alpha value is -1.78. The summed E-state index contributed by atoms with van der Waals surface area (Å²) >= 11 is 6.91. The maximum absolute atomic E-state index is 12.0. The third kappa shape index (κ3) is 5.14. The molecule has 27 heavy (non-hydrogen) atoms. The Labute approximate surface area is 172 Å². The van der Waals surface area contributed by atoms with Crippen LogP contribution in [0.3, 0.4) is 0 Å². The first-order chi connectivity index (χ1) is 12.9. The Morgan fingerprint density at radius 1 is 1.41 bits per heavy atom. The number of amides is 1. The molecule has 1 fully saturated rings. The Morgan fingerprint density at radius 3 is 2.81 bits per heavy atom. The molecule has 10 heteroatoms. The number of nitrogens with zero attached hydrogens (tertiary/aromatic N) is 2. The molecule has 0 saturated carbocycles. The third-order valence-electron chi connectivity index (χ3n) is 3.82. The fourth-order valence-corrected chi connectivity index (χ4v) is 5.93. The van der Waals surface area contributed by atoms with E-state index in [-0.39, 0.29) is 15.7 Å². The molecule has 1 saturated heterocycles. The van der Waals surface area contributed by atoms with E-state index in [1.165, 1.54) is 18.3 Å². The summed E-state index contributed by atoms with van der Waals surface area (Å²) in [5.74, 6) is 2.98. The average Bonchev–Trinajstić information content (AvgIpc) is 3.24. The van der Waals surface area contributed by atoms with E-state index in [1.54, 1.807) is 41.7 Å². The van der Waals surface area contributed by atoms with E-state index in [2.05, 4.69) is 33.4 Å². The normalized spacial score (nSPS) is 15.9. The minimum atomic E-state index is -0.458. The highest BCUT2D eigenvalue weighted by Crippen LogP contribution is 2.45. The van der Waals surface area contributed by atoms with Gasteiger partial charge in [-0.2, -0.15) is 5.10 Å². The number of hydrogen-bond donors (Lipinski definition) is 1. The predicted molar refractivity (Wildman–Crippen MR) is 112 cm³/mol. The Morgan fingerprint density at radius 2 is 2.15 bits per heavy atom. The van der Waals surface area contributed by atoms with Crippen LogP contribution >= 0.6 is 39.5 Å². The van der Waals surface area contributed by atoms with Crippen molar-refractivity contribution < 1.29 is 14.1 Å². The standard InChI is InChI=1S/C17H16BrN3O4S2/c1-17(26-6-7-27-17)9-16(22)20-19-10-12-3-5-15(25-12)13-4-2-11(21(23)24)8-14(13)18/h2-5,8,10H,6-7,9H2,1H3,(H,20,22)/b19-10-. The fourth-order valence-electron chi connectivity index (χ4n) is 2.54. The Kier molecular flexibility index (Phi) is 6.28. The van der Waals surface area contributed by atoms with Crippen LogP contribution in [0.5, 0.6) is 0 Å². The molecule has 2 heterocycles. The first-order valence-electron chi connectivity index (χ1n) is 8.00. The number of rotatable bonds is 6.